The zero-order valence-electron chi connectivity index (χ0n) is 66.8. The van der Waals surface area contributed by atoms with Crippen LogP contribution in [0.1, 0.15) is 446 Å². The maximum absolute atomic E-state index is 13.1. The highest BCUT2D eigenvalue weighted by Gasteiger charge is 2.30. The Balaban J connectivity index is 5.24. The summed E-state index contributed by atoms with van der Waals surface area (Å²) in [6.07, 6.45) is 67.9. The molecule has 0 aliphatic heterocycles. The van der Waals surface area contributed by atoms with Crippen LogP contribution >= 0.6 is 15.6 Å². The molecular weight excluding hydrogens is 1330 g/mol. The number of hydrogen-bond acceptors (Lipinski definition) is 15. The van der Waals surface area contributed by atoms with Gasteiger partial charge < -0.3 is 33.8 Å². The lowest BCUT2D eigenvalue weighted by Crippen LogP contribution is -2.30. The molecule has 0 saturated heterocycles. The van der Waals surface area contributed by atoms with E-state index in [9.17, 15) is 43.2 Å². The third kappa shape index (κ3) is 74.9. The first-order valence-corrected chi connectivity index (χ1v) is 46.2. The van der Waals surface area contributed by atoms with Crippen LogP contribution in [-0.4, -0.2) is 96.7 Å². The summed E-state index contributed by atoms with van der Waals surface area (Å²) < 4.78 is 68.8. The van der Waals surface area contributed by atoms with Crippen molar-refractivity contribution < 1.29 is 80.2 Å². The first-order chi connectivity index (χ1) is 49.6. The molecule has 0 aromatic carbocycles. The van der Waals surface area contributed by atoms with Gasteiger partial charge in [-0.15, -0.1) is 0 Å². The Hall–Kier alpha value is -1.94. The highest BCUT2D eigenvalue weighted by molar-refractivity contribution is 7.47. The minimum atomic E-state index is -4.96. The van der Waals surface area contributed by atoms with E-state index in [-0.39, 0.29) is 25.7 Å². The fourth-order valence-corrected chi connectivity index (χ4v) is 14.5. The van der Waals surface area contributed by atoms with E-state index in [4.69, 9.17) is 37.0 Å². The number of rotatable bonds is 83. The van der Waals surface area contributed by atoms with Crippen LogP contribution in [-0.2, 0) is 65.4 Å². The van der Waals surface area contributed by atoms with Crippen LogP contribution in [0.5, 0.6) is 0 Å². The number of aliphatic hydroxyl groups is 1. The second kappa shape index (κ2) is 75.9. The van der Waals surface area contributed by atoms with Crippen LogP contribution in [0, 0.1) is 5.92 Å². The van der Waals surface area contributed by atoms with Crippen molar-refractivity contribution in [2.24, 2.45) is 5.92 Å². The number of phosphoric ester groups is 2. The highest BCUT2D eigenvalue weighted by atomic mass is 31.2. The number of esters is 4. The van der Waals surface area contributed by atoms with Crippen molar-refractivity contribution in [1.29, 1.82) is 0 Å². The van der Waals surface area contributed by atoms with Gasteiger partial charge in [0.1, 0.15) is 19.3 Å². The first kappa shape index (κ1) is 100. The van der Waals surface area contributed by atoms with E-state index in [1.54, 1.807) is 0 Å². The molecule has 0 aromatic rings. The van der Waals surface area contributed by atoms with Gasteiger partial charge in [0.2, 0.25) is 0 Å². The summed E-state index contributed by atoms with van der Waals surface area (Å²) in [7, 11) is -9.92. The minimum Gasteiger partial charge on any atom is -0.462 e. The van der Waals surface area contributed by atoms with Crippen molar-refractivity contribution in [2.75, 3.05) is 39.6 Å². The van der Waals surface area contributed by atoms with Crippen molar-refractivity contribution in [3.63, 3.8) is 0 Å². The lowest BCUT2D eigenvalue weighted by atomic mass is 9.99. The smallest absolute Gasteiger partial charge is 0.462 e. The average Bonchev–Trinajstić information content (AvgIpc) is 0.916. The highest BCUT2D eigenvalue weighted by Crippen LogP contribution is 2.45. The molecule has 0 amide bonds. The zero-order valence-corrected chi connectivity index (χ0v) is 68.5. The Morgan fingerprint density at radius 3 is 0.696 bits per heavy atom. The summed E-state index contributed by atoms with van der Waals surface area (Å²) in [6, 6.07) is 0. The number of phosphoric acid groups is 2. The van der Waals surface area contributed by atoms with E-state index in [1.165, 1.54) is 270 Å². The average molecular weight is 1490 g/mol. The van der Waals surface area contributed by atoms with Gasteiger partial charge in [-0.3, -0.25) is 37.3 Å². The predicted octanol–water partition coefficient (Wildman–Crippen LogP) is 25.2. The molecule has 0 bridgehead atoms. The molecule has 0 aliphatic rings. The number of aliphatic hydroxyl groups excluding tert-OH is 1. The SMILES string of the molecule is CCCCCCCCCCCCCCCCCCCCCCCC(=O)O[C@H](COC(=O)CCCCCCCCCCCCCCCCC)COP(=O)(O)OC[C@@H](O)COP(=O)(O)OC[C@@H](COC(=O)CCCCCCCCCCC(C)CC)OC(=O)CCCCCCCCCCCCCCCC. The molecule has 0 saturated carbocycles. The number of ether oxygens (including phenoxy) is 4. The quantitative estimate of drug-likeness (QED) is 0.0222. The Bertz CT molecular complexity index is 1950. The van der Waals surface area contributed by atoms with Gasteiger partial charge >= 0.3 is 39.5 Å². The molecule has 606 valence electrons. The van der Waals surface area contributed by atoms with Gasteiger partial charge in [0.15, 0.2) is 12.2 Å². The first-order valence-electron chi connectivity index (χ1n) is 43.2. The van der Waals surface area contributed by atoms with Gasteiger partial charge in [0.25, 0.3) is 0 Å². The number of carbonyl (C=O) groups excluding carboxylic acids is 4. The molecule has 0 aliphatic carbocycles. The molecular formula is C83H162O17P2. The molecule has 0 radical (unpaired) electrons. The summed E-state index contributed by atoms with van der Waals surface area (Å²) >= 11 is 0. The predicted molar refractivity (Wildman–Crippen MR) is 418 cm³/mol. The molecule has 0 aromatic heterocycles. The van der Waals surface area contributed by atoms with E-state index in [0.29, 0.717) is 25.7 Å². The van der Waals surface area contributed by atoms with Gasteiger partial charge in [-0.2, -0.15) is 0 Å². The van der Waals surface area contributed by atoms with Crippen LogP contribution in [0.25, 0.3) is 0 Å². The van der Waals surface area contributed by atoms with E-state index in [0.717, 1.165) is 95.8 Å². The largest absolute Gasteiger partial charge is 0.472 e. The molecule has 102 heavy (non-hydrogen) atoms. The molecule has 0 heterocycles. The van der Waals surface area contributed by atoms with E-state index in [2.05, 4.69) is 34.6 Å². The fraction of sp³-hybridized carbons (Fsp3) is 0.952. The molecule has 0 spiro atoms. The second-order valence-electron chi connectivity index (χ2n) is 30.1. The van der Waals surface area contributed by atoms with Crippen molar-refractivity contribution in [3.05, 3.63) is 0 Å². The van der Waals surface area contributed by atoms with E-state index >= 15 is 0 Å². The van der Waals surface area contributed by atoms with E-state index < -0.39 is 97.5 Å². The third-order valence-corrected chi connectivity index (χ3v) is 21.8. The van der Waals surface area contributed by atoms with Gasteiger partial charge in [0.05, 0.1) is 26.4 Å². The van der Waals surface area contributed by atoms with Crippen molar-refractivity contribution >= 4 is 39.5 Å². The van der Waals surface area contributed by atoms with Gasteiger partial charge in [-0.05, 0) is 31.6 Å². The number of unbranched alkanes of at least 4 members (excludes halogenated alkanes) is 54. The standard InChI is InChI=1S/C83H162O17P2/c1-6-10-13-16-19-22-25-28-31-32-33-34-35-36-38-41-44-47-54-59-64-69-83(88)99-78(72-93-80(85)66-61-56-51-45-42-40-37-29-26-23-20-17-14-11-7-2)74-97-101(89,90)95-70-77(84)71-96-102(91,92)98-75-79(73-94-81(86)67-62-57-52-49-48-50-55-60-65-76(5)9-4)100-82(87)68-63-58-53-46-43-39-30-27-24-21-18-15-12-8-3/h76-79,84H,6-75H2,1-5H3,(H,89,90)(H,91,92)/t76?,77-,78-,79-/m1/s1. The number of carbonyl (C=O) groups is 4. The molecule has 0 fully saturated rings. The topological polar surface area (TPSA) is 237 Å². The van der Waals surface area contributed by atoms with Crippen molar-refractivity contribution in [3.8, 4) is 0 Å². The Kier molecular flexibility index (Phi) is 74.4. The molecule has 17 nitrogen and oxygen atoms in total. The van der Waals surface area contributed by atoms with Crippen molar-refractivity contribution in [1.82, 2.24) is 0 Å². The summed E-state index contributed by atoms with van der Waals surface area (Å²) in [5.74, 6) is -1.32. The van der Waals surface area contributed by atoms with Crippen LogP contribution in [0.15, 0.2) is 0 Å². The maximum atomic E-state index is 13.1. The fourth-order valence-electron chi connectivity index (χ4n) is 12.9. The van der Waals surface area contributed by atoms with Crippen LogP contribution in [0.3, 0.4) is 0 Å². The van der Waals surface area contributed by atoms with Gasteiger partial charge in [0, 0.05) is 25.7 Å². The lowest BCUT2D eigenvalue weighted by molar-refractivity contribution is -0.161. The van der Waals surface area contributed by atoms with Crippen LogP contribution in [0.4, 0.5) is 0 Å². The summed E-state index contributed by atoms with van der Waals surface area (Å²) in [5, 5.41) is 10.7. The molecule has 0 rings (SSSR count). The molecule has 3 unspecified atom stereocenters. The Labute approximate surface area is 626 Å². The molecule has 6 atom stereocenters. The normalized spacial score (nSPS) is 14.1. The Morgan fingerprint density at radius 1 is 0.275 bits per heavy atom. The van der Waals surface area contributed by atoms with Crippen LogP contribution in [0.2, 0.25) is 0 Å². The van der Waals surface area contributed by atoms with Gasteiger partial charge in [-0.1, -0.05) is 394 Å². The summed E-state index contributed by atoms with van der Waals surface area (Å²) in [6.45, 7) is 7.35. The van der Waals surface area contributed by atoms with E-state index in [1.807, 2.05) is 0 Å². The summed E-state index contributed by atoms with van der Waals surface area (Å²) in [4.78, 5) is 73.1. The minimum absolute atomic E-state index is 0.108. The Morgan fingerprint density at radius 2 is 0.471 bits per heavy atom. The molecule has 3 N–H and O–H groups in total. The monoisotopic (exact) mass is 1490 g/mol. The summed E-state index contributed by atoms with van der Waals surface area (Å²) in [5.41, 5.74) is 0. The molecule has 19 heteroatoms. The van der Waals surface area contributed by atoms with Crippen LogP contribution < -0.4 is 0 Å². The van der Waals surface area contributed by atoms with Gasteiger partial charge in [-0.25, -0.2) is 9.13 Å². The number of hydrogen-bond donors (Lipinski definition) is 3. The zero-order chi connectivity index (χ0) is 74.8. The maximum Gasteiger partial charge on any atom is 0.472 e. The second-order valence-corrected chi connectivity index (χ2v) is 33.0. The van der Waals surface area contributed by atoms with Crippen molar-refractivity contribution in [2.45, 2.75) is 464 Å². The third-order valence-electron chi connectivity index (χ3n) is 19.9. The lowest BCUT2D eigenvalue weighted by Gasteiger charge is -2.21.